The summed E-state index contributed by atoms with van der Waals surface area (Å²) in [6, 6.07) is 0.259. The summed E-state index contributed by atoms with van der Waals surface area (Å²) in [6.07, 6.45) is 4.19. The first kappa shape index (κ1) is 13.8. The lowest BCUT2D eigenvalue weighted by molar-refractivity contribution is 0.258. The van der Waals surface area contributed by atoms with Crippen molar-refractivity contribution in [2.45, 2.75) is 38.6 Å². The van der Waals surface area contributed by atoms with Gasteiger partial charge in [0.2, 0.25) is 0 Å². The lowest BCUT2D eigenvalue weighted by Crippen LogP contribution is -2.49. The van der Waals surface area contributed by atoms with E-state index in [0.717, 1.165) is 25.7 Å². The molecule has 1 unspecified atom stereocenters. The highest BCUT2D eigenvalue weighted by molar-refractivity contribution is 9.09. The lowest BCUT2D eigenvalue weighted by atomic mass is 10.0. The van der Waals surface area contributed by atoms with Crippen molar-refractivity contribution in [3.63, 3.8) is 0 Å². The van der Waals surface area contributed by atoms with Gasteiger partial charge in [-0.05, 0) is 31.6 Å². The van der Waals surface area contributed by atoms with Gasteiger partial charge in [-0.25, -0.2) is 0 Å². The molecule has 0 spiro atoms. The second-order valence-corrected chi connectivity index (χ2v) is 7.82. The average Bonchev–Trinajstić information content (AvgIpc) is 3.09. The van der Waals surface area contributed by atoms with Gasteiger partial charge in [0.1, 0.15) is 0 Å². The number of piperidine rings is 1. The molecule has 1 aliphatic heterocycles. The molecule has 1 atom stereocenters. The first-order valence-electron chi connectivity index (χ1n) is 6.38. The van der Waals surface area contributed by atoms with Crippen molar-refractivity contribution in [2.75, 3.05) is 25.0 Å². The molecule has 2 aliphatic rings. The fourth-order valence-electron chi connectivity index (χ4n) is 2.44. The van der Waals surface area contributed by atoms with Crippen molar-refractivity contribution in [3.8, 4) is 0 Å². The maximum Gasteiger partial charge on any atom is 0.282 e. The van der Waals surface area contributed by atoms with Gasteiger partial charge in [0.05, 0.1) is 0 Å². The predicted molar refractivity (Wildman–Crippen MR) is 72.4 cm³/mol. The Morgan fingerprint density at radius 2 is 2.06 bits per heavy atom. The minimum Gasteiger partial charge on any atom is -0.195 e. The molecule has 0 aromatic heterocycles. The van der Waals surface area contributed by atoms with Crippen molar-refractivity contribution in [3.05, 3.63) is 0 Å². The maximum absolute atomic E-state index is 12.5. The monoisotopic (exact) mass is 324 g/mol. The van der Waals surface area contributed by atoms with E-state index in [4.69, 9.17) is 0 Å². The molecule has 1 saturated heterocycles. The quantitative estimate of drug-likeness (QED) is 0.724. The van der Waals surface area contributed by atoms with E-state index in [-0.39, 0.29) is 6.04 Å². The number of nitrogens with zero attached hydrogens (tertiary/aromatic N) is 2. The Kier molecular flexibility index (Phi) is 4.50. The van der Waals surface area contributed by atoms with Gasteiger partial charge in [0, 0.05) is 31.0 Å². The van der Waals surface area contributed by atoms with Crippen LogP contribution < -0.4 is 0 Å². The van der Waals surface area contributed by atoms with Gasteiger partial charge in [-0.15, -0.1) is 0 Å². The highest BCUT2D eigenvalue weighted by Gasteiger charge is 2.40. The molecule has 0 N–H and O–H groups in total. The molecule has 100 valence electrons. The summed E-state index contributed by atoms with van der Waals surface area (Å²) in [7, 11) is -3.22. The van der Waals surface area contributed by atoms with E-state index in [2.05, 4.69) is 22.9 Å². The zero-order valence-electron chi connectivity index (χ0n) is 10.3. The van der Waals surface area contributed by atoms with Crippen molar-refractivity contribution < 1.29 is 8.42 Å². The van der Waals surface area contributed by atoms with Gasteiger partial charge < -0.3 is 0 Å². The largest absolute Gasteiger partial charge is 0.282 e. The Labute approximate surface area is 113 Å². The molecule has 0 aromatic carbocycles. The molecule has 4 nitrogen and oxygen atoms in total. The topological polar surface area (TPSA) is 40.6 Å². The molecule has 0 amide bonds. The van der Waals surface area contributed by atoms with Gasteiger partial charge in [-0.3, -0.25) is 0 Å². The fraction of sp³-hybridized carbons (Fsp3) is 1.00. The second kappa shape index (κ2) is 5.55. The Bertz CT molecular complexity index is 356. The zero-order chi connectivity index (χ0) is 12.5. The van der Waals surface area contributed by atoms with E-state index >= 15 is 0 Å². The summed E-state index contributed by atoms with van der Waals surface area (Å²) in [4.78, 5) is 0. The molecule has 2 rings (SSSR count). The van der Waals surface area contributed by atoms with Gasteiger partial charge in [-0.2, -0.15) is 17.0 Å². The van der Waals surface area contributed by atoms with E-state index < -0.39 is 10.2 Å². The highest BCUT2D eigenvalue weighted by atomic mass is 79.9. The van der Waals surface area contributed by atoms with Gasteiger partial charge >= 0.3 is 0 Å². The smallest absolute Gasteiger partial charge is 0.195 e. The molecule has 2 fully saturated rings. The summed E-state index contributed by atoms with van der Waals surface area (Å²) < 4.78 is 28.4. The molecule has 0 aromatic rings. The SMILES string of the molecule is CC1CCCN(S(=O)(=O)N(CCBr)C2CC2)C1. The van der Waals surface area contributed by atoms with Crippen LogP contribution >= 0.6 is 15.9 Å². The standard InChI is InChI=1S/C11H21BrN2O2S/c1-10-3-2-7-13(9-10)17(15,16)14(8-6-12)11-4-5-11/h10-11H,2-9H2,1H3. The van der Waals surface area contributed by atoms with Crippen LogP contribution in [0.4, 0.5) is 0 Å². The summed E-state index contributed by atoms with van der Waals surface area (Å²) in [6.45, 7) is 4.11. The normalized spacial score (nSPS) is 27.6. The molecule has 1 heterocycles. The minimum absolute atomic E-state index is 0.259. The van der Waals surface area contributed by atoms with Crippen molar-refractivity contribution in [2.24, 2.45) is 5.92 Å². The Hall–Kier alpha value is 0.350. The Balaban J connectivity index is 2.09. The van der Waals surface area contributed by atoms with E-state index in [1.54, 1.807) is 8.61 Å². The van der Waals surface area contributed by atoms with Crippen LogP contribution in [0.1, 0.15) is 32.6 Å². The first-order valence-corrected chi connectivity index (χ1v) is 8.90. The molecule has 17 heavy (non-hydrogen) atoms. The van der Waals surface area contributed by atoms with Crippen LogP contribution in [0.15, 0.2) is 0 Å². The Morgan fingerprint density at radius 3 is 2.59 bits per heavy atom. The van der Waals surface area contributed by atoms with Crippen molar-refractivity contribution in [1.29, 1.82) is 0 Å². The predicted octanol–water partition coefficient (Wildman–Crippen LogP) is 1.82. The van der Waals surface area contributed by atoms with Crippen LogP contribution in [0.5, 0.6) is 0 Å². The second-order valence-electron chi connectivity index (χ2n) is 5.14. The van der Waals surface area contributed by atoms with Crippen molar-refractivity contribution >= 4 is 26.1 Å². The minimum atomic E-state index is -3.22. The van der Waals surface area contributed by atoms with Crippen LogP contribution in [0.2, 0.25) is 0 Å². The number of rotatable bonds is 5. The molecule has 0 radical (unpaired) electrons. The number of halogens is 1. The summed E-state index contributed by atoms with van der Waals surface area (Å²) in [5.41, 5.74) is 0. The van der Waals surface area contributed by atoms with Gasteiger partial charge in [0.15, 0.2) is 0 Å². The molecular weight excluding hydrogens is 304 g/mol. The highest BCUT2D eigenvalue weighted by Crippen LogP contribution is 2.31. The van der Waals surface area contributed by atoms with E-state index in [0.29, 0.717) is 30.9 Å². The number of alkyl halides is 1. The van der Waals surface area contributed by atoms with Crippen LogP contribution in [0.25, 0.3) is 0 Å². The fourth-order valence-corrected chi connectivity index (χ4v) is 5.06. The first-order chi connectivity index (χ1) is 8.05. The van der Waals surface area contributed by atoms with Crippen LogP contribution in [0.3, 0.4) is 0 Å². The average molecular weight is 325 g/mol. The third-order valence-electron chi connectivity index (χ3n) is 3.50. The van der Waals surface area contributed by atoms with E-state index in [1.165, 1.54) is 0 Å². The molecule has 0 bridgehead atoms. The van der Waals surface area contributed by atoms with E-state index in [1.807, 2.05) is 0 Å². The summed E-state index contributed by atoms with van der Waals surface area (Å²) in [5, 5.41) is 0.714. The number of hydrogen-bond acceptors (Lipinski definition) is 2. The lowest BCUT2D eigenvalue weighted by Gasteiger charge is -2.34. The summed E-state index contributed by atoms with van der Waals surface area (Å²) >= 11 is 3.35. The Morgan fingerprint density at radius 1 is 1.35 bits per heavy atom. The third-order valence-corrected chi connectivity index (χ3v) is 5.91. The molecule has 1 aliphatic carbocycles. The molecular formula is C11H21BrN2O2S. The van der Waals surface area contributed by atoms with E-state index in [9.17, 15) is 8.42 Å². The van der Waals surface area contributed by atoms with Crippen LogP contribution in [-0.4, -0.2) is 48.0 Å². The third kappa shape index (κ3) is 3.22. The van der Waals surface area contributed by atoms with Gasteiger partial charge in [-0.1, -0.05) is 22.9 Å². The van der Waals surface area contributed by atoms with Gasteiger partial charge in [0.25, 0.3) is 10.2 Å². The maximum atomic E-state index is 12.5. The number of hydrogen-bond donors (Lipinski definition) is 0. The zero-order valence-corrected chi connectivity index (χ0v) is 12.7. The van der Waals surface area contributed by atoms with Crippen LogP contribution in [0, 0.1) is 5.92 Å². The van der Waals surface area contributed by atoms with Crippen LogP contribution in [-0.2, 0) is 10.2 Å². The molecule has 6 heteroatoms. The van der Waals surface area contributed by atoms with Crippen molar-refractivity contribution in [1.82, 2.24) is 8.61 Å². The summed E-state index contributed by atoms with van der Waals surface area (Å²) in [5.74, 6) is 0.489. The molecule has 1 saturated carbocycles.